The lowest BCUT2D eigenvalue weighted by Crippen LogP contribution is -2.43. The number of halogens is 1. The lowest BCUT2D eigenvalue weighted by molar-refractivity contribution is -0.119. The smallest absolute Gasteiger partial charge is 0.251 e. The number of carbonyl (C=O) groups is 2. The van der Waals surface area contributed by atoms with Crippen LogP contribution in [0.15, 0.2) is 53.4 Å². The van der Waals surface area contributed by atoms with E-state index in [2.05, 4.69) is 10.6 Å². The maximum Gasteiger partial charge on any atom is 0.251 e. The normalized spacial score (nSPS) is 19.4. The Labute approximate surface area is 174 Å². The zero-order valence-electron chi connectivity index (χ0n) is 16.2. The summed E-state index contributed by atoms with van der Waals surface area (Å²) in [4.78, 5) is 24.8. The molecule has 1 aliphatic carbocycles. The van der Waals surface area contributed by atoms with Gasteiger partial charge in [-0.2, -0.15) is 4.31 Å². The van der Waals surface area contributed by atoms with Crippen molar-refractivity contribution in [3.05, 3.63) is 59.9 Å². The monoisotopic (exact) mass is 431 g/mol. The van der Waals surface area contributed by atoms with Gasteiger partial charge in [0.15, 0.2) is 0 Å². The van der Waals surface area contributed by atoms with Gasteiger partial charge in [-0.25, -0.2) is 12.8 Å². The largest absolute Gasteiger partial charge is 0.349 e. The molecule has 2 aliphatic rings. The number of nitrogens with one attached hydrogen (secondary N) is 2. The molecular formula is C21H22FN3O4S. The molecule has 2 aromatic carbocycles. The van der Waals surface area contributed by atoms with Crippen molar-refractivity contribution in [2.75, 3.05) is 11.9 Å². The molecular weight excluding hydrogens is 409 g/mol. The Morgan fingerprint density at radius 1 is 0.967 bits per heavy atom. The summed E-state index contributed by atoms with van der Waals surface area (Å²) in [6.45, 7) is 0.220. The molecule has 0 bridgehead atoms. The van der Waals surface area contributed by atoms with E-state index in [1.807, 2.05) is 0 Å². The van der Waals surface area contributed by atoms with E-state index >= 15 is 0 Å². The van der Waals surface area contributed by atoms with Crippen molar-refractivity contribution in [2.24, 2.45) is 0 Å². The molecule has 2 fully saturated rings. The fraction of sp³-hybridized carbons (Fsp3) is 0.333. The third-order valence-electron chi connectivity index (χ3n) is 5.25. The summed E-state index contributed by atoms with van der Waals surface area (Å²) in [5.41, 5.74) is 0.982. The molecule has 30 heavy (non-hydrogen) atoms. The van der Waals surface area contributed by atoms with Crippen LogP contribution in [0.3, 0.4) is 0 Å². The van der Waals surface area contributed by atoms with Crippen LogP contribution in [0.2, 0.25) is 0 Å². The van der Waals surface area contributed by atoms with Gasteiger partial charge < -0.3 is 10.6 Å². The van der Waals surface area contributed by atoms with Crippen molar-refractivity contribution in [1.82, 2.24) is 9.62 Å². The highest BCUT2D eigenvalue weighted by Crippen LogP contribution is 2.27. The maximum absolute atomic E-state index is 13.1. The summed E-state index contributed by atoms with van der Waals surface area (Å²) in [6.07, 6.45) is 2.95. The molecule has 2 N–H and O–H groups in total. The molecule has 9 heteroatoms. The lowest BCUT2D eigenvalue weighted by atomic mass is 10.1. The molecule has 1 saturated heterocycles. The Balaban J connectivity index is 1.44. The predicted molar refractivity (Wildman–Crippen MR) is 109 cm³/mol. The number of rotatable bonds is 6. The maximum atomic E-state index is 13.1. The van der Waals surface area contributed by atoms with Crippen LogP contribution >= 0.6 is 0 Å². The van der Waals surface area contributed by atoms with Gasteiger partial charge in [0, 0.05) is 23.8 Å². The number of carbonyl (C=O) groups excluding carboxylic acids is 2. The fourth-order valence-corrected chi connectivity index (χ4v) is 5.12. The Kier molecular flexibility index (Phi) is 5.57. The first-order valence-electron chi connectivity index (χ1n) is 9.84. The molecule has 0 unspecified atom stereocenters. The molecule has 1 saturated carbocycles. The van der Waals surface area contributed by atoms with Gasteiger partial charge in [0.05, 0.1) is 4.90 Å². The van der Waals surface area contributed by atoms with E-state index in [1.165, 1.54) is 12.1 Å². The van der Waals surface area contributed by atoms with Gasteiger partial charge in [-0.1, -0.05) is 0 Å². The van der Waals surface area contributed by atoms with Crippen molar-refractivity contribution in [3.63, 3.8) is 0 Å². The minimum Gasteiger partial charge on any atom is -0.349 e. The Morgan fingerprint density at radius 2 is 1.63 bits per heavy atom. The molecule has 1 heterocycles. The Bertz CT molecular complexity index is 1050. The van der Waals surface area contributed by atoms with Crippen molar-refractivity contribution < 1.29 is 22.4 Å². The van der Waals surface area contributed by atoms with Crippen LogP contribution in [0.1, 0.15) is 36.0 Å². The van der Waals surface area contributed by atoms with Crippen molar-refractivity contribution in [2.45, 2.75) is 42.7 Å². The Hall–Kier alpha value is -2.78. The highest BCUT2D eigenvalue weighted by Gasteiger charge is 2.39. The molecule has 0 aromatic heterocycles. The van der Waals surface area contributed by atoms with E-state index in [1.54, 1.807) is 24.3 Å². The first-order valence-corrected chi connectivity index (χ1v) is 11.3. The minimum absolute atomic E-state index is 0.0466. The Morgan fingerprint density at radius 3 is 2.27 bits per heavy atom. The van der Waals surface area contributed by atoms with E-state index in [0.29, 0.717) is 24.1 Å². The second-order valence-corrected chi connectivity index (χ2v) is 9.43. The predicted octanol–water partition coefficient (Wildman–Crippen LogP) is 2.51. The SMILES string of the molecule is O=C(NC1CC1)c1ccc(NC(=O)[C@@H]2CCCN2S(=O)(=O)c2ccc(F)cc2)cc1. The number of anilines is 1. The van der Waals surface area contributed by atoms with Crippen molar-refractivity contribution in [1.29, 1.82) is 0 Å². The number of amides is 2. The van der Waals surface area contributed by atoms with Crippen LogP contribution < -0.4 is 10.6 Å². The summed E-state index contributed by atoms with van der Waals surface area (Å²) in [7, 11) is -3.91. The quantitative estimate of drug-likeness (QED) is 0.735. The first kappa shape index (κ1) is 20.5. The van der Waals surface area contributed by atoms with Gasteiger partial charge in [0.2, 0.25) is 15.9 Å². The van der Waals surface area contributed by atoms with Gasteiger partial charge in [0.25, 0.3) is 5.91 Å². The second kappa shape index (κ2) is 8.16. The third kappa shape index (κ3) is 4.36. The highest BCUT2D eigenvalue weighted by molar-refractivity contribution is 7.89. The number of hydrogen-bond donors (Lipinski definition) is 2. The van der Waals surface area contributed by atoms with Gasteiger partial charge in [-0.05, 0) is 74.2 Å². The zero-order valence-corrected chi connectivity index (χ0v) is 17.0. The van der Waals surface area contributed by atoms with Gasteiger partial charge in [0.1, 0.15) is 11.9 Å². The zero-order chi connectivity index (χ0) is 21.3. The first-order chi connectivity index (χ1) is 14.3. The minimum atomic E-state index is -3.91. The fourth-order valence-electron chi connectivity index (χ4n) is 3.46. The van der Waals surface area contributed by atoms with Crippen LogP contribution in [-0.2, 0) is 14.8 Å². The van der Waals surface area contributed by atoms with Crippen LogP contribution in [0, 0.1) is 5.82 Å². The number of sulfonamides is 1. The molecule has 1 aliphatic heterocycles. The number of nitrogens with zero attached hydrogens (tertiary/aromatic N) is 1. The third-order valence-corrected chi connectivity index (χ3v) is 7.18. The molecule has 4 rings (SSSR count). The van der Waals surface area contributed by atoms with E-state index in [4.69, 9.17) is 0 Å². The number of hydrogen-bond acceptors (Lipinski definition) is 4. The lowest BCUT2D eigenvalue weighted by Gasteiger charge is -2.23. The summed E-state index contributed by atoms with van der Waals surface area (Å²) >= 11 is 0. The van der Waals surface area contributed by atoms with Crippen LogP contribution in [0.5, 0.6) is 0 Å². The van der Waals surface area contributed by atoms with Crippen molar-refractivity contribution in [3.8, 4) is 0 Å². The highest BCUT2D eigenvalue weighted by atomic mass is 32.2. The summed E-state index contributed by atoms with van der Waals surface area (Å²) in [6, 6.07) is 10.4. The molecule has 0 spiro atoms. The second-order valence-electron chi connectivity index (χ2n) is 7.54. The molecule has 158 valence electrons. The average Bonchev–Trinajstić information content (AvgIpc) is 3.39. The van der Waals surface area contributed by atoms with Crippen molar-refractivity contribution >= 4 is 27.5 Å². The van der Waals surface area contributed by atoms with Crippen LogP contribution in [0.4, 0.5) is 10.1 Å². The van der Waals surface area contributed by atoms with Crippen LogP contribution in [0.25, 0.3) is 0 Å². The van der Waals surface area contributed by atoms with Gasteiger partial charge >= 0.3 is 0 Å². The van der Waals surface area contributed by atoms with E-state index < -0.39 is 27.8 Å². The average molecular weight is 431 g/mol. The molecule has 7 nitrogen and oxygen atoms in total. The molecule has 2 amide bonds. The molecule has 1 atom stereocenters. The van der Waals surface area contributed by atoms with Crippen LogP contribution in [-0.4, -0.2) is 43.2 Å². The molecule has 2 aromatic rings. The molecule has 0 radical (unpaired) electrons. The van der Waals surface area contributed by atoms with E-state index in [-0.39, 0.29) is 23.4 Å². The standard InChI is InChI=1S/C21H22FN3O4S/c22-15-5-11-18(12-6-15)30(28,29)25-13-1-2-19(25)21(27)24-16-7-3-14(4-8-16)20(26)23-17-9-10-17/h3-8,11-12,17,19H,1-2,9-10,13H2,(H,23,26)(H,24,27)/t19-/m0/s1. The summed E-state index contributed by atoms with van der Waals surface area (Å²) in [5, 5.41) is 5.62. The van der Waals surface area contributed by atoms with Gasteiger partial charge in [-0.3, -0.25) is 9.59 Å². The van der Waals surface area contributed by atoms with E-state index in [9.17, 15) is 22.4 Å². The summed E-state index contributed by atoms with van der Waals surface area (Å²) in [5.74, 6) is -1.12. The van der Waals surface area contributed by atoms with E-state index in [0.717, 1.165) is 29.3 Å². The van der Waals surface area contributed by atoms with Gasteiger partial charge in [-0.15, -0.1) is 0 Å². The number of benzene rings is 2. The summed E-state index contributed by atoms with van der Waals surface area (Å²) < 4.78 is 40.1. The topological polar surface area (TPSA) is 95.6 Å².